The Morgan fingerprint density at radius 2 is 2.25 bits per heavy atom. The lowest BCUT2D eigenvalue weighted by molar-refractivity contribution is -0.150. The van der Waals surface area contributed by atoms with Gasteiger partial charge in [0.25, 0.3) is 0 Å². The van der Waals surface area contributed by atoms with Crippen molar-refractivity contribution in [2.24, 2.45) is 0 Å². The number of carbonyl (C=O) groups is 2. The molecule has 0 saturated carbocycles. The van der Waals surface area contributed by atoms with Crippen LogP contribution in [0.1, 0.15) is 12.5 Å². The smallest absolute Gasteiger partial charge is 0.242 e. The van der Waals surface area contributed by atoms with E-state index in [9.17, 15) is 14.0 Å². The molecule has 2 aliphatic rings. The predicted octanol–water partition coefficient (Wildman–Crippen LogP) is 0.373. The lowest BCUT2D eigenvalue weighted by Gasteiger charge is -2.38. The van der Waals surface area contributed by atoms with Gasteiger partial charge in [-0.15, -0.1) is 0 Å². The maximum Gasteiger partial charge on any atom is 0.242 e. The summed E-state index contributed by atoms with van der Waals surface area (Å²) in [4.78, 5) is 28.2. The summed E-state index contributed by atoms with van der Waals surface area (Å²) >= 11 is 0. The second kappa shape index (κ2) is 7.27. The molecule has 0 spiro atoms. The van der Waals surface area contributed by atoms with Crippen molar-refractivity contribution in [1.29, 1.82) is 0 Å². The first kappa shape index (κ1) is 16.9. The number of ether oxygens (including phenoxy) is 1. The molecule has 0 aromatic heterocycles. The maximum absolute atomic E-state index is 13.3. The molecule has 2 heterocycles. The van der Waals surface area contributed by atoms with Crippen molar-refractivity contribution in [3.8, 4) is 0 Å². The fourth-order valence-electron chi connectivity index (χ4n) is 3.13. The summed E-state index contributed by atoms with van der Waals surface area (Å²) in [7, 11) is 0. The van der Waals surface area contributed by atoms with E-state index in [1.54, 1.807) is 21.9 Å². The van der Waals surface area contributed by atoms with Gasteiger partial charge in [-0.25, -0.2) is 4.39 Å². The molecule has 0 radical (unpaired) electrons. The third kappa shape index (κ3) is 3.73. The number of amides is 2. The van der Waals surface area contributed by atoms with E-state index in [2.05, 4.69) is 5.32 Å². The Hall–Kier alpha value is -1.99. The van der Waals surface area contributed by atoms with Crippen LogP contribution in [0.4, 0.5) is 4.39 Å². The third-order valence-electron chi connectivity index (χ3n) is 4.48. The van der Waals surface area contributed by atoms with Crippen LogP contribution in [0, 0.1) is 5.82 Å². The summed E-state index contributed by atoms with van der Waals surface area (Å²) in [5.41, 5.74) is 0.749. The number of rotatable bonds is 3. The maximum atomic E-state index is 13.3. The van der Waals surface area contributed by atoms with Crippen LogP contribution in [0.5, 0.6) is 0 Å². The minimum Gasteiger partial charge on any atom is -0.375 e. The van der Waals surface area contributed by atoms with E-state index in [0.29, 0.717) is 32.8 Å². The Morgan fingerprint density at radius 1 is 1.42 bits per heavy atom. The van der Waals surface area contributed by atoms with Gasteiger partial charge in [0.1, 0.15) is 11.9 Å². The van der Waals surface area contributed by atoms with Gasteiger partial charge < -0.3 is 19.9 Å². The number of nitrogens with one attached hydrogen (secondary N) is 1. The predicted molar refractivity (Wildman–Crippen MR) is 85.6 cm³/mol. The van der Waals surface area contributed by atoms with Gasteiger partial charge in [0.15, 0.2) is 0 Å². The molecule has 2 atom stereocenters. The van der Waals surface area contributed by atoms with Crippen molar-refractivity contribution in [2.75, 3.05) is 32.8 Å². The molecule has 1 aromatic carbocycles. The summed E-state index contributed by atoms with van der Waals surface area (Å²) in [5.74, 6) is -0.532. The number of morpholine rings is 1. The Kier molecular flexibility index (Phi) is 5.11. The lowest BCUT2D eigenvalue weighted by Crippen LogP contribution is -2.60. The molecule has 0 aliphatic carbocycles. The van der Waals surface area contributed by atoms with Crippen molar-refractivity contribution in [2.45, 2.75) is 25.6 Å². The molecule has 0 unspecified atom stereocenters. The minimum absolute atomic E-state index is 0.0546. The zero-order valence-electron chi connectivity index (χ0n) is 13.7. The average molecular weight is 335 g/mol. The normalized spacial score (nSPS) is 25.0. The molecule has 7 heteroatoms. The third-order valence-corrected chi connectivity index (χ3v) is 4.48. The minimum atomic E-state index is -0.402. The summed E-state index contributed by atoms with van der Waals surface area (Å²) in [6.07, 6.45) is -0.202. The highest BCUT2D eigenvalue weighted by atomic mass is 19.1. The molecule has 3 rings (SSSR count). The van der Waals surface area contributed by atoms with Crippen LogP contribution in [0.15, 0.2) is 24.3 Å². The van der Waals surface area contributed by atoms with Crippen molar-refractivity contribution in [3.63, 3.8) is 0 Å². The molecule has 24 heavy (non-hydrogen) atoms. The molecule has 130 valence electrons. The molecular formula is C17H22FN3O3. The van der Waals surface area contributed by atoms with E-state index in [1.165, 1.54) is 12.1 Å². The molecular weight excluding hydrogens is 313 g/mol. The monoisotopic (exact) mass is 335 g/mol. The largest absolute Gasteiger partial charge is 0.375 e. The van der Waals surface area contributed by atoms with Crippen LogP contribution in [0.2, 0.25) is 0 Å². The van der Waals surface area contributed by atoms with Gasteiger partial charge in [0, 0.05) is 26.2 Å². The molecule has 0 bridgehead atoms. The van der Waals surface area contributed by atoms with E-state index in [-0.39, 0.29) is 30.3 Å². The van der Waals surface area contributed by atoms with Crippen LogP contribution >= 0.6 is 0 Å². The van der Waals surface area contributed by atoms with Gasteiger partial charge in [-0.3, -0.25) is 9.59 Å². The van der Waals surface area contributed by atoms with Crippen molar-refractivity contribution >= 4 is 11.8 Å². The molecule has 2 fully saturated rings. The highest BCUT2D eigenvalue weighted by molar-refractivity contribution is 5.89. The van der Waals surface area contributed by atoms with Gasteiger partial charge in [0.05, 0.1) is 19.3 Å². The molecule has 2 saturated heterocycles. The SMILES string of the molecule is C[C@H]1OCCN[C@@H]1C(=O)N1CCN(Cc2cccc(F)c2)C(=O)C1. The second-order valence-electron chi connectivity index (χ2n) is 6.21. The van der Waals surface area contributed by atoms with Crippen molar-refractivity contribution in [3.05, 3.63) is 35.6 Å². The zero-order valence-corrected chi connectivity index (χ0v) is 13.7. The first-order chi connectivity index (χ1) is 11.5. The summed E-state index contributed by atoms with van der Waals surface area (Å²) in [6.45, 7) is 4.42. The van der Waals surface area contributed by atoms with Crippen LogP contribution in [-0.4, -0.2) is 66.5 Å². The van der Waals surface area contributed by atoms with Gasteiger partial charge in [-0.2, -0.15) is 0 Å². The van der Waals surface area contributed by atoms with E-state index < -0.39 is 6.04 Å². The van der Waals surface area contributed by atoms with Crippen molar-refractivity contribution < 1.29 is 18.7 Å². The summed E-state index contributed by atoms with van der Waals surface area (Å²) in [6, 6.07) is 5.82. The highest BCUT2D eigenvalue weighted by Crippen LogP contribution is 2.14. The molecule has 1 aromatic rings. The Morgan fingerprint density at radius 3 is 2.96 bits per heavy atom. The zero-order chi connectivity index (χ0) is 17.1. The van der Waals surface area contributed by atoms with Crippen LogP contribution in [-0.2, 0) is 20.9 Å². The standard InChI is InChI=1S/C17H22FN3O3/c1-12-16(19-5-8-24-12)17(23)21-7-6-20(15(22)11-21)10-13-3-2-4-14(18)9-13/h2-4,9,12,16,19H,5-8,10-11H2,1H3/t12-,16+/m1/s1. The second-order valence-corrected chi connectivity index (χ2v) is 6.21. The fraction of sp³-hybridized carbons (Fsp3) is 0.529. The summed E-state index contributed by atoms with van der Waals surface area (Å²) in [5, 5.41) is 3.16. The first-order valence-corrected chi connectivity index (χ1v) is 8.20. The fourth-order valence-corrected chi connectivity index (χ4v) is 3.13. The number of piperazine rings is 1. The number of carbonyl (C=O) groups excluding carboxylic acids is 2. The van der Waals surface area contributed by atoms with E-state index in [4.69, 9.17) is 4.74 Å². The van der Waals surface area contributed by atoms with Crippen LogP contribution in [0.25, 0.3) is 0 Å². The first-order valence-electron chi connectivity index (χ1n) is 8.20. The van der Waals surface area contributed by atoms with E-state index in [0.717, 1.165) is 5.56 Å². The molecule has 2 aliphatic heterocycles. The molecule has 2 amide bonds. The van der Waals surface area contributed by atoms with Gasteiger partial charge >= 0.3 is 0 Å². The molecule has 1 N–H and O–H groups in total. The Balaban J connectivity index is 1.58. The number of benzene rings is 1. The van der Waals surface area contributed by atoms with Gasteiger partial charge in [-0.1, -0.05) is 12.1 Å². The van der Waals surface area contributed by atoms with Crippen molar-refractivity contribution in [1.82, 2.24) is 15.1 Å². The summed E-state index contributed by atoms with van der Waals surface area (Å²) < 4.78 is 18.8. The Labute approximate surface area is 140 Å². The van der Waals surface area contributed by atoms with Gasteiger partial charge in [-0.05, 0) is 24.6 Å². The van der Waals surface area contributed by atoms with Gasteiger partial charge in [0.2, 0.25) is 11.8 Å². The number of hydrogen-bond acceptors (Lipinski definition) is 4. The average Bonchev–Trinajstić information content (AvgIpc) is 2.56. The topological polar surface area (TPSA) is 61.9 Å². The highest BCUT2D eigenvalue weighted by Gasteiger charge is 2.35. The number of halogens is 1. The van der Waals surface area contributed by atoms with Crippen LogP contribution < -0.4 is 5.32 Å². The van der Waals surface area contributed by atoms with E-state index in [1.807, 2.05) is 6.92 Å². The number of nitrogens with zero attached hydrogens (tertiary/aromatic N) is 2. The Bertz CT molecular complexity index is 625. The van der Waals surface area contributed by atoms with E-state index >= 15 is 0 Å². The molecule has 6 nitrogen and oxygen atoms in total. The van der Waals surface area contributed by atoms with Crippen LogP contribution in [0.3, 0.4) is 0 Å². The quantitative estimate of drug-likeness (QED) is 0.867. The number of hydrogen-bond donors (Lipinski definition) is 1. The lowest BCUT2D eigenvalue weighted by atomic mass is 10.1.